The van der Waals surface area contributed by atoms with E-state index in [0.717, 1.165) is 32.5 Å². The molecule has 0 aromatic heterocycles. The lowest BCUT2D eigenvalue weighted by Crippen LogP contribution is -2.48. The van der Waals surface area contributed by atoms with Gasteiger partial charge in [-0.15, -0.1) is 0 Å². The zero-order chi connectivity index (χ0) is 11.5. The van der Waals surface area contributed by atoms with Gasteiger partial charge in [-0.2, -0.15) is 0 Å². The Labute approximate surface area is 97.2 Å². The first-order valence-corrected chi connectivity index (χ1v) is 6.33. The molecule has 2 saturated heterocycles. The van der Waals surface area contributed by atoms with Crippen LogP contribution in [0.1, 0.15) is 19.8 Å². The molecule has 4 unspecified atom stereocenters. The first-order chi connectivity index (χ1) is 7.66. The number of aliphatic hydroxyl groups is 2. The fourth-order valence-corrected chi connectivity index (χ4v) is 2.57. The summed E-state index contributed by atoms with van der Waals surface area (Å²) in [5.74, 6) is 0.623. The largest absolute Gasteiger partial charge is 0.393 e. The van der Waals surface area contributed by atoms with Crippen molar-refractivity contribution in [2.45, 2.75) is 32.0 Å². The van der Waals surface area contributed by atoms with Gasteiger partial charge in [0.05, 0.1) is 18.8 Å². The SMILES string of the molecule is CC1CCN(CC2COCCC2O)CC1O. The summed E-state index contributed by atoms with van der Waals surface area (Å²) in [5, 5.41) is 19.7. The Balaban J connectivity index is 1.80. The molecule has 2 rings (SSSR count). The van der Waals surface area contributed by atoms with E-state index in [-0.39, 0.29) is 18.1 Å². The molecule has 0 bridgehead atoms. The van der Waals surface area contributed by atoms with Gasteiger partial charge in [-0.1, -0.05) is 6.92 Å². The molecule has 2 N–H and O–H groups in total. The lowest BCUT2D eigenvalue weighted by Gasteiger charge is -2.38. The van der Waals surface area contributed by atoms with Crippen LogP contribution in [0, 0.1) is 11.8 Å². The fraction of sp³-hybridized carbons (Fsp3) is 1.00. The number of aliphatic hydroxyl groups excluding tert-OH is 2. The van der Waals surface area contributed by atoms with Crippen molar-refractivity contribution >= 4 is 0 Å². The Hall–Kier alpha value is -0.160. The summed E-state index contributed by atoms with van der Waals surface area (Å²) in [5.41, 5.74) is 0. The van der Waals surface area contributed by atoms with E-state index >= 15 is 0 Å². The van der Waals surface area contributed by atoms with Crippen LogP contribution in [0.5, 0.6) is 0 Å². The highest BCUT2D eigenvalue weighted by molar-refractivity contribution is 4.82. The maximum atomic E-state index is 9.85. The minimum Gasteiger partial charge on any atom is -0.393 e. The highest BCUT2D eigenvalue weighted by Gasteiger charge is 2.29. The molecular weight excluding hydrogens is 206 g/mol. The Morgan fingerprint density at radius 3 is 2.75 bits per heavy atom. The summed E-state index contributed by atoms with van der Waals surface area (Å²) in [6, 6.07) is 0. The van der Waals surface area contributed by atoms with Gasteiger partial charge >= 0.3 is 0 Å². The smallest absolute Gasteiger partial charge is 0.0693 e. The molecular formula is C12H23NO3. The minimum absolute atomic E-state index is 0.213. The van der Waals surface area contributed by atoms with Gasteiger partial charge in [0.15, 0.2) is 0 Å². The van der Waals surface area contributed by atoms with E-state index < -0.39 is 0 Å². The van der Waals surface area contributed by atoms with Crippen molar-refractivity contribution in [1.82, 2.24) is 4.90 Å². The molecule has 4 atom stereocenters. The van der Waals surface area contributed by atoms with E-state index in [2.05, 4.69) is 11.8 Å². The molecule has 0 aliphatic carbocycles. The van der Waals surface area contributed by atoms with Crippen LogP contribution in [-0.4, -0.2) is 60.2 Å². The summed E-state index contributed by atoms with van der Waals surface area (Å²) in [6.45, 7) is 6.05. The molecule has 2 fully saturated rings. The molecule has 0 aromatic rings. The lowest BCUT2D eigenvalue weighted by molar-refractivity contribution is -0.0580. The van der Waals surface area contributed by atoms with E-state index in [0.29, 0.717) is 19.1 Å². The van der Waals surface area contributed by atoms with Gasteiger partial charge in [-0.25, -0.2) is 0 Å². The summed E-state index contributed by atoms with van der Waals surface area (Å²) >= 11 is 0. The average molecular weight is 229 g/mol. The second-order valence-corrected chi connectivity index (χ2v) is 5.28. The summed E-state index contributed by atoms with van der Waals surface area (Å²) in [6.07, 6.45) is 1.35. The van der Waals surface area contributed by atoms with Crippen molar-refractivity contribution in [1.29, 1.82) is 0 Å². The highest BCUT2D eigenvalue weighted by Crippen LogP contribution is 2.21. The van der Waals surface area contributed by atoms with Crippen molar-refractivity contribution in [2.24, 2.45) is 11.8 Å². The molecule has 0 aromatic carbocycles. The average Bonchev–Trinajstić information content (AvgIpc) is 2.27. The molecule has 0 radical (unpaired) electrons. The van der Waals surface area contributed by atoms with Crippen LogP contribution in [0.25, 0.3) is 0 Å². The predicted octanol–water partition coefficient (Wildman–Crippen LogP) is 0.0865. The zero-order valence-electron chi connectivity index (χ0n) is 10.0. The number of β-amino-alcohol motifs (C(OH)–C–C–N with tert-alkyl or cyclic N) is 1. The Kier molecular flexibility index (Phi) is 4.19. The third-order valence-electron chi connectivity index (χ3n) is 3.93. The number of likely N-dealkylation sites (tertiary alicyclic amines) is 1. The van der Waals surface area contributed by atoms with Crippen molar-refractivity contribution in [3.63, 3.8) is 0 Å². The number of nitrogens with zero attached hydrogens (tertiary/aromatic N) is 1. The molecule has 2 aliphatic heterocycles. The van der Waals surface area contributed by atoms with E-state index in [9.17, 15) is 10.2 Å². The molecule has 94 valence electrons. The normalized spacial score (nSPS) is 42.2. The summed E-state index contributed by atoms with van der Waals surface area (Å²) in [4.78, 5) is 2.26. The van der Waals surface area contributed by atoms with Gasteiger partial charge in [0, 0.05) is 25.6 Å². The molecule has 0 spiro atoms. The van der Waals surface area contributed by atoms with Gasteiger partial charge in [0.1, 0.15) is 0 Å². The number of hydrogen-bond donors (Lipinski definition) is 2. The van der Waals surface area contributed by atoms with Crippen molar-refractivity contribution in [3.05, 3.63) is 0 Å². The topological polar surface area (TPSA) is 52.9 Å². The third kappa shape index (κ3) is 2.94. The maximum Gasteiger partial charge on any atom is 0.0693 e. The van der Waals surface area contributed by atoms with Crippen LogP contribution in [-0.2, 0) is 4.74 Å². The maximum absolute atomic E-state index is 9.85. The number of hydrogen-bond acceptors (Lipinski definition) is 4. The van der Waals surface area contributed by atoms with E-state index in [1.165, 1.54) is 0 Å². The molecule has 4 nitrogen and oxygen atoms in total. The minimum atomic E-state index is -0.231. The monoisotopic (exact) mass is 229 g/mol. The van der Waals surface area contributed by atoms with Gasteiger partial charge in [-0.05, 0) is 25.3 Å². The first-order valence-electron chi connectivity index (χ1n) is 6.33. The van der Waals surface area contributed by atoms with Gasteiger partial charge in [-0.3, -0.25) is 0 Å². The summed E-state index contributed by atoms with van der Waals surface area (Å²) in [7, 11) is 0. The van der Waals surface area contributed by atoms with Gasteiger partial charge in [0.2, 0.25) is 0 Å². The summed E-state index contributed by atoms with van der Waals surface area (Å²) < 4.78 is 5.39. The fourth-order valence-electron chi connectivity index (χ4n) is 2.57. The van der Waals surface area contributed by atoms with Crippen molar-refractivity contribution in [3.8, 4) is 0 Å². The van der Waals surface area contributed by atoms with E-state index in [1.807, 2.05) is 0 Å². The quantitative estimate of drug-likeness (QED) is 0.704. The molecule has 0 saturated carbocycles. The predicted molar refractivity (Wildman–Crippen MR) is 61.2 cm³/mol. The van der Waals surface area contributed by atoms with E-state index in [1.54, 1.807) is 0 Å². The van der Waals surface area contributed by atoms with Crippen LogP contribution >= 0.6 is 0 Å². The molecule has 0 amide bonds. The van der Waals surface area contributed by atoms with Gasteiger partial charge < -0.3 is 19.8 Å². The second kappa shape index (κ2) is 5.45. The molecule has 2 heterocycles. The Bertz CT molecular complexity index is 224. The Morgan fingerprint density at radius 2 is 2.06 bits per heavy atom. The van der Waals surface area contributed by atoms with Crippen molar-refractivity contribution in [2.75, 3.05) is 32.8 Å². The molecule has 16 heavy (non-hydrogen) atoms. The van der Waals surface area contributed by atoms with Crippen LogP contribution in [0.15, 0.2) is 0 Å². The highest BCUT2D eigenvalue weighted by atomic mass is 16.5. The van der Waals surface area contributed by atoms with Crippen LogP contribution in [0.4, 0.5) is 0 Å². The van der Waals surface area contributed by atoms with Crippen molar-refractivity contribution < 1.29 is 14.9 Å². The number of rotatable bonds is 2. The zero-order valence-corrected chi connectivity index (χ0v) is 10.0. The van der Waals surface area contributed by atoms with Gasteiger partial charge in [0.25, 0.3) is 0 Å². The van der Waals surface area contributed by atoms with E-state index in [4.69, 9.17) is 4.74 Å². The van der Waals surface area contributed by atoms with Crippen LogP contribution in [0.3, 0.4) is 0 Å². The third-order valence-corrected chi connectivity index (χ3v) is 3.93. The first kappa shape index (κ1) is 12.3. The van der Waals surface area contributed by atoms with Crippen LogP contribution < -0.4 is 0 Å². The number of piperidine rings is 1. The second-order valence-electron chi connectivity index (χ2n) is 5.28. The Morgan fingerprint density at radius 1 is 1.25 bits per heavy atom. The lowest BCUT2D eigenvalue weighted by atomic mass is 9.93. The standard InChI is InChI=1S/C12H23NO3/c1-9-2-4-13(7-12(9)15)6-10-8-16-5-3-11(10)14/h9-12,14-15H,2-8H2,1H3. The molecule has 2 aliphatic rings. The van der Waals surface area contributed by atoms with Crippen LogP contribution in [0.2, 0.25) is 0 Å². The number of ether oxygens (including phenoxy) is 1. The molecule has 4 heteroatoms.